The molecule has 0 heterocycles. The highest BCUT2D eigenvalue weighted by Gasteiger charge is 2.71. The number of hydrogen-bond donors (Lipinski definition) is 2. The van der Waals surface area contributed by atoms with Gasteiger partial charge in [-0.05, 0) is 135 Å². The molecule has 5 aliphatic carbocycles. The molecule has 5 aliphatic rings. The standard InChI is InChI=1S/C36H53NO2/c1-23(2)25-15-20-36(37-31(39)24-11-9-8-10-12-24)22-21-34(6)26(30(25)36)13-14-28-33(5)18-17-29(38)32(3,4)27(33)16-19-35(28,34)7/h8-12,25-30,38H,1,13-22H2,2-7H3,(H,37,39)/t25-,26+,27?,28?,29-,30?,33-,34+,35+,36-/m0/s1. The van der Waals surface area contributed by atoms with Gasteiger partial charge in [0.1, 0.15) is 0 Å². The van der Waals surface area contributed by atoms with Crippen molar-refractivity contribution in [3.63, 3.8) is 0 Å². The van der Waals surface area contributed by atoms with Crippen LogP contribution in [0.15, 0.2) is 42.5 Å². The van der Waals surface area contributed by atoms with Gasteiger partial charge in [-0.1, -0.05) is 65.0 Å². The van der Waals surface area contributed by atoms with Gasteiger partial charge < -0.3 is 10.4 Å². The summed E-state index contributed by atoms with van der Waals surface area (Å²) in [6.07, 6.45) is 11.5. The third-order valence-corrected chi connectivity index (χ3v) is 14.4. The van der Waals surface area contributed by atoms with E-state index >= 15 is 0 Å². The highest BCUT2D eigenvalue weighted by Crippen LogP contribution is 2.76. The first-order valence-corrected chi connectivity index (χ1v) is 16.0. The van der Waals surface area contributed by atoms with Gasteiger partial charge in [0.05, 0.1) is 6.10 Å². The van der Waals surface area contributed by atoms with E-state index in [2.05, 4.69) is 53.4 Å². The first kappa shape index (κ1) is 27.6. The van der Waals surface area contributed by atoms with E-state index in [9.17, 15) is 9.90 Å². The van der Waals surface area contributed by atoms with Crippen LogP contribution in [0.2, 0.25) is 0 Å². The fourth-order valence-corrected chi connectivity index (χ4v) is 12.2. The fraction of sp³-hybridized carbons (Fsp3) is 0.750. The minimum atomic E-state index is -0.176. The van der Waals surface area contributed by atoms with Gasteiger partial charge in [0.2, 0.25) is 0 Å². The minimum Gasteiger partial charge on any atom is -0.393 e. The Morgan fingerprint density at radius 1 is 0.846 bits per heavy atom. The number of hydrogen-bond acceptors (Lipinski definition) is 2. The molecule has 1 aromatic carbocycles. The van der Waals surface area contributed by atoms with Gasteiger partial charge in [0, 0.05) is 11.1 Å². The molecule has 5 fully saturated rings. The highest BCUT2D eigenvalue weighted by molar-refractivity contribution is 5.94. The maximum atomic E-state index is 13.6. The number of benzene rings is 1. The van der Waals surface area contributed by atoms with Crippen LogP contribution in [-0.4, -0.2) is 22.7 Å². The van der Waals surface area contributed by atoms with E-state index in [1.807, 2.05) is 30.3 Å². The van der Waals surface area contributed by atoms with Crippen molar-refractivity contribution in [3.05, 3.63) is 48.0 Å². The summed E-state index contributed by atoms with van der Waals surface area (Å²) in [6.45, 7) is 19.4. The second-order valence-electron chi connectivity index (χ2n) is 16.0. The lowest BCUT2D eigenvalue weighted by Crippen LogP contribution is -2.69. The van der Waals surface area contributed by atoms with Crippen LogP contribution >= 0.6 is 0 Å². The third-order valence-electron chi connectivity index (χ3n) is 14.4. The molecule has 0 spiro atoms. The van der Waals surface area contributed by atoms with Crippen LogP contribution in [0.1, 0.15) is 116 Å². The van der Waals surface area contributed by atoms with Crippen LogP contribution in [0.4, 0.5) is 0 Å². The normalized spacial score (nSPS) is 48.2. The van der Waals surface area contributed by atoms with Gasteiger partial charge in [-0.15, -0.1) is 0 Å². The number of fused-ring (bicyclic) bond motifs is 7. The second kappa shape index (κ2) is 8.94. The van der Waals surface area contributed by atoms with Gasteiger partial charge in [-0.3, -0.25) is 4.79 Å². The predicted octanol–water partition coefficient (Wildman–Crippen LogP) is 8.19. The molecule has 3 unspecified atom stereocenters. The van der Waals surface area contributed by atoms with E-state index in [4.69, 9.17) is 0 Å². The number of amides is 1. The molecule has 1 aromatic rings. The number of carbonyl (C=O) groups excluding carboxylic acids is 1. The summed E-state index contributed by atoms with van der Waals surface area (Å²) < 4.78 is 0. The highest BCUT2D eigenvalue weighted by atomic mass is 16.3. The summed E-state index contributed by atoms with van der Waals surface area (Å²) in [4.78, 5) is 13.6. The molecular formula is C36H53NO2. The van der Waals surface area contributed by atoms with E-state index in [0.717, 1.165) is 37.7 Å². The molecule has 2 N–H and O–H groups in total. The van der Waals surface area contributed by atoms with Crippen molar-refractivity contribution in [2.24, 2.45) is 51.2 Å². The zero-order valence-corrected chi connectivity index (χ0v) is 25.5. The molecule has 6 rings (SSSR count). The van der Waals surface area contributed by atoms with Crippen LogP contribution in [0.25, 0.3) is 0 Å². The van der Waals surface area contributed by atoms with Gasteiger partial charge in [0.15, 0.2) is 0 Å². The lowest BCUT2D eigenvalue weighted by atomic mass is 9.32. The van der Waals surface area contributed by atoms with E-state index in [1.165, 1.54) is 37.7 Å². The van der Waals surface area contributed by atoms with Crippen molar-refractivity contribution < 1.29 is 9.90 Å². The molecule has 39 heavy (non-hydrogen) atoms. The quantitative estimate of drug-likeness (QED) is 0.386. The fourth-order valence-electron chi connectivity index (χ4n) is 12.2. The lowest BCUT2D eigenvalue weighted by molar-refractivity contribution is -0.243. The zero-order valence-electron chi connectivity index (χ0n) is 25.5. The van der Waals surface area contributed by atoms with Crippen LogP contribution < -0.4 is 5.32 Å². The van der Waals surface area contributed by atoms with Crippen molar-refractivity contribution in [1.29, 1.82) is 0 Å². The topological polar surface area (TPSA) is 49.3 Å². The van der Waals surface area contributed by atoms with Gasteiger partial charge in [0.25, 0.3) is 5.91 Å². The third kappa shape index (κ3) is 3.66. The van der Waals surface area contributed by atoms with E-state index in [0.29, 0.717) is 35.0 Å². The van der Waals surface area contributed by atoms with Crippen molar-refractivity contribution in [2.75, 3.05) is 0 Å². The number of allylic oxidation sites excluding steroid dienone is 1. The number of aliphatic hydroxyl groups is 1. The Kier molecular flexibility index (Phi) is 6.32. The number of nitrogens with one attached hydrogen (secondary N) is 1. The minimum absolute atomic E-state index is 0.00791. The molecule has 3 nitrogen and oxygen atoms in total. The molecule has 3 heteroatoms. The lowest BCUT2D eigenvalue weighted by Gasteiger charge is -2.73. The predicted molar refractivity (Wildman–Crippen MR) is 159 cm³/mol. The molecule has 0 aliphatic heterocycles. The average Bonchev–Trinajstić information content (AvgIpc) is 3.27. The maximum absolute atomic E-state index is 13.6. The summed E-state index contributed by atoms with van der Waals surface area (Å²) in [5.74, 6) is 2.95. The van der Waals surface area contributed by atoms with Crippen molar-refractivity contribution >= 4 is 5.91 Å². The molecular weight excluding hydrogens is 478 g/mol. The maximum Gasteiger partial charge on any atom is 0.251 e. The Morgan fingerprint density at radius 2 is 1.56 bits per heavy atom. The average molecular weight is 532 g/mol. The largest absolute Gasteiger partial charge is 0.393 e. The Balaban J connectivity index is 1.36. The van der Waals surface area contributed by atoms with Crippen molar-refractivity contribution in [3.8, 4) is 0 Å². The molecule has 0 saturated heterocycles. The molecule has 5 saturated carbocycles. The molecule has 0 bridgehead atoms. The number of aliphatic hydroxyl groups excluding tert-OH is 1. The number of rotatable bonds is 3. The summed E-state index contributed by atoms with van der Waals surface area (Å²) in [7, 11) is 0. The Hall–Kier alpha value is -1.61. The molecule has 0 radical (unpaired) electrons. The van der Waals surface area contributed by atoms with E-state index in [1.54, 1.807) is 0 Å². The summed E-state index contributed by atoms with van der Waals surface area (Å²) in [5.41, 5.74) is 2.80. The van der Waals surface area contributed by atoms with E-state index in [-0.39, 0.29) is 33.8 Å². The van der Waals surface area contributed by atoms with Gasteiger partial charge >= 0.3 is 0 Å². The Labute approximate surface area is 237 Å². The smallest absolute Gasteiger partial charge is 0.251 e. The van der Waals surface area contributed by atoms with Crippen molar-refractivity contribution in [1.82, 2.24) is 5.32 Å². The summed E-state index contributed by atoms with van der Waals surface area (Å²) in [5, 5.41) is 14.7. The Morgan fingerprint density at radius 3 is 2.26 bits per heavy atom. The SMILES string of the molecule is C=C(C)[C@@H]1CC[C@]2(NC(=O)c3ccccc3)CC[C@]3(C)[C@H](CCC4[C@@]5(C)CC[C@H](O)C(C)(C)C5CC[C@]43C)C12. The zero-order chi connectivity index (χ0) is 28.0. The van der Waals surface area contributed by atoms with Crippen LogP contribution in [0, 0.1) is 51.2 Å². The van der Waals surface area contributed by atoms with Crippen LogP contribution in [0.5, 0.6) is 0 Å². The monoisotopic (exact) mass is 531 g/mol. The van der Waals surface area contributed by atoms with Gasteiger partial charge in [-0.2, -0.15) is 0 Å². The van der Waals surface area contributed by atoms with Crippen LogP contribution in [0.3, 0.4) is 0 Å². The van der Waals surface area contributed by atoms with Crippen LogP contribution in [-0.2, 0) is 0 Å². The number of carbonyl (C=O) groups is 1. The summed E-state index contributed by atoms with van der Waals surface area (Å²) >= 11 is 0. The van der Waals surface area contributed by atoms with E-state index < -0.39 is 0 Å². The summed E-state index contributed by atoms with van der Waals surface area (Å²) in [6, 6.07) is 9.83. The molecule has 1 amide bonds. The van der Waals surface area contributed by atoms with Gasteiger partial charge in [-0.25, -0.2) is 0 Å². The second-order valence-corrected chi connectivity index (χ2v) is 16.0. The molecule has 214 valence electrons. The van der Waals surface area contributed by atoms with Crippen molar-refractivity contribution in [2.45, 2.75) is 117 Å². The Bertz CT molecular complexity index is 1140. The molecule has 0 aromatic heterocycles. The first-order chi connectivity index (χ1) is 18.3. The molecule has 10 atom stereocenters. The first-order valence-electron chi connectivity index (χ1n) is 16.0.